The zero-order valence-electron chi connectivity index (χ0n) is 15.0. The fourth-order valence-electron chi connectivity index (χ4n) is 2.77. The molecule has 0 bridgehead atoms. The molecule has 1 atom stereocenters. The molecule has 27 heavy (non-hydrogen) atoms. The molecule has 1 heterocycles. The molecule has 0 aliphatic rings. The monoisotopic (exact) mass is 365 g/mol. The molecule has 7 heteroatoms. The summed E-state index contributed by atoms with van der Waals surface area (Å²) in [5.74, 6) is -0.313. The molecule has 0 saturated heterocycles. The molecular weight excluding hydrogens is 346 g/mol. The molecule has 0 fully saturated rings. The standard InChI is InChI=1S/C20H19N3O4/c1-14(15-8-4-3-5-9-15)17-12-13-21-23(17)19(24)16-10-6-7-11-18(16)27-20(25)22-26-2/h3-14H,1-2H3,(H,22,25). The molecule has 0 spiro atoms. The van der Waals surface area contributed by atoms with Crippen LogP contribution in [0.4, 0.5) is 4.79 Å². The molecule has 1 N–H and O–H groups in total. The molecule has 3 rings (SSSR count). The summed E-state index contributed by atoms with van der Waals surface area (Å²) < 4.78 is 6.48. The van der Waals surface area contributed by atoms with Gasteiger partial charge in [0.1, 0.15) is 5.75 Å². The second kappa shape index (κ2) is 8.29. The quantitative estimate of drug-likeness (QED) is 0.701. The third-order valence-electron chi connectivity index (χ3n) is 4.11. The summed E-state index contributed by atoms with van der Waals surface area (Å²) in [4.78, 5) is 29.2. The number of amides is 1. The molecule has 0 saturated carbocycles. The summed E-state index contributed by atoms with van der Waals surface area (Å²) in [5.41, 5.74) is 4.07. The highest BCUT2D eigenvalue weighted by molar-refractivity contribution is 5.99. The number of carbonyl (C=O) groups is 2. The second-order valence-corrected chi connectivity index (χ2v) is 5.80. The van der Waals surface area contributed by atoms with Crippen LogP contribution in [0.1, 0.15) is 34.5 Å². The van der Waals surface area contributed by atoms with Gasteiger partial charge in [-0.15, -0.1) is 0 Å². The predicted octanol–water partition coefficient (Wildman–Crippen LogP) is 3.37. The summed E-state index contributed by atoms with van der Waals surface area (Å²) in [6, 6.07) is 18.1. The predicted molar refractivity (Wildman–Crippen MR) is 98.5 cm³/mol. The van der Waals surface area contributed by atoms with Gasteiger partial charge in [-0.25, -0.2) is 9.48 Å². The van der Waals surface area contributed by atoms with Crippen LogP contribution >= 0.6 is 0 Å². The molecule has 0 aliphatic carbocycles. The first kappa shape index (κ1) is 18.3. The van der Waals surface area contributed by atoms with Crippen molar-refractivity contribution in [1.82, 2.24) is 15.3 Å². The van der Waals surface area contributed by atoms with Gasteiger partial charge in [0, 0.05) is 12.1 Å². The number of para-hydroxylation sites is 1. The Kier molecular flexibility index (Phi) is 5.63. The zero-order chi connectivity index (χ0) is 19.2. The lowest BCUT2D eigenvalue weighted by atomic mass is 9.97. The maximum Gasteiger partial charge on any atom is 0.436 e. The minimum Gasteiger partial charge on any atom is -0.408 e. The average Bonchev–Trinajstić information content (AvgIpc) is 3.18. The normalized spacial score (nSPS) is 11.6. The summed E-state index contributed by atoms with van der Waals surface area (Å²) in [6.45, 7) is 2.00. The Morgan fingerprint density at radius 1 is 1.04 bits per heavy atom. The van der Waals surface area contributed by atoms with Gasteiger partial charge >= 0.3 is 6.09 Å². The SMILES string of the molecule is CONC(=O)Oc1ccccc1C(=O)n1nccc1C(C)c1ccccc1. The van der Waals surface area contributed by atoms with Gasteiger partial charge in [-0.05, 0) is 23.8 Å². The smallest absolute Gasteiger partial charge is 0.408 e. The number of hydrogen-bond acceptors (Lipinski definition) is 5. The van der Waals surface area contributed by atoms with E-state index in [0.29, 0.717) is 0 Å². The molecule has 7 nitrogen and oxygen atoms in total. The number of nitrogens with one attached hydrogen (secondary N) is 1. The number of aromatic nitrogens is 2. The molecule has 0 radical (unpaired) electrons. The van der Waals surface area contributed by atoms with Crippen molar-refractivity contribution in [3.8, 4) is 5.75 Å². The van der Waals surface area contributed by atoms with Crippen molar-refractivity contribution in [3.63, 3.8) is 0 Å². The molecule has 1 amide bonds. The second-order valence-electron chi connectivity index (χ2n) is 5.80. The summed E-state index contributed by atoms with van der Waals surface area (Å²) >= 11 is 0. The van der Waals surface area contributed by atoms with Crippen LogP contribution in [0.25, 0.3) is 0 Å². The van der Waals surface area contributed by atoms with Gasteiger partial charge in [-0.1, -0.05) is 49.4 Å². The van der Waals surface area contributed by atoms with Crippen LogP contribution < -0.4 is 10.2 Å². The minimum atomic E-state index is -0.823. The van der Waals surface area contributed by atoms with E-state index >= 15 is 0 Å². The molecule has 2 aromatic carbocycles. The number of ether oxygens (including phenoxy) is 1. The fourth-order valence-corrected chi connectivity index (χ4v) is 2.77. The van der Waals surface area contributed by atoms with E-state index in [1.165, 1.54) is 17.9 Å². The first-order valence-corrected chi connectivity index (χ1v) is 8.35. The number of hydrogen-bond donors (Lipinski definition) is 1. The third-order valence-corrected chi connectivity index (χ3v) is 4.11. The van der Waals surface area contributed by atoms with E-state index < -0.39 is 12.0 Å². The molecule has 1 aromatic heterocycles. The Labute approximate surface area is 156 Å². The van der Waals surface area contributed by atoms with Gasteiger partial charge in [-0.2, -0.15) is 10.6 Å². The van der Waals surface area contributed by atoms with Crippen molar-refractivity contribution in [2.24, 2.45) is 0 Å². The van der Waals surface area contributed by atoms with Crippen LogP contribution in [0.5, 0.6) is 5.75 Å². The van der Waals surface area contributed by atoms with E-state index in [9.17, 15) is 9.59 Å². The van der Waals surface area contributed by atoms with E-state index in [-0.39, 0.29) is 17.2 Å². The topological polar surface area (TPSA) is 82.5 Å². The Bertz CT molecular complexity index is 937. The van der Waals surface area contributed by atoms with Crippen molar-refractivity contribution in [2.45, 2.75) is 12.8 Å². The van der Waals surface area contributed by atoms with Crippen molar-refractivity contribution in [2.75, 3.05) is 7.11 Å². The van der Waals surface area contributed by atoms with Crippen LogP contribution in [0, 0.1) is 0 Å². The van der Waals surface area contributed by atoms with E-state index in [2.05, 4.69) is 15.4 Å². The number of carbonyl (C=O) groups excluding carboxylic acids is 2. The maximum absolute atomic E-state index is 13.1. The van der Waals surface area contributed by atoms with Crippen molar-refractivity contribution < 1.29 is 19.2 Å². The van der Waals surface area contributed by atoms with Crippen molar-refractivity contribution >= 4 is 12.0 Å². The Morgan fingerprint density at radius 3 is 2.48 bits per heavy atom. The molecule has 138 valence electrons. The highest BCUT2D eigenvalue weighted by Crippen LogP contribution is 2.26. The lowest BCUT2D eigenvalue weighted by molar-refractivity contribution is 0.0837. The first-order valence-electron chi connectivity index (χ1n) is 8.35. The molecule has 1 unspecified atom stereocenters. The van der Waals surface area contributed by atoms with Crippen LogP contribution in [0.15, 0.2) is 66.9 Å². The van der Waals surface area contributed by atoms with Gasteiger partial charge < -0.3 is 4.74 Å². The Balaban J connectivity index is 1.92. The summed E-state index contributed by atoms with van der Waals surface area (Å²) in [7, 11) is 1.29. The van der Waals surface area contributed by atoms with Gasteiger partial charge in [0.2, 0.25) is 0 Å². The number of hydroxylamine groups is 1. The summed E-state index contributed by atoms with van der Waals surface area (Å²) in [5, 5.41) is 4.18. The largest absolute Gasteiger partial charge is 0.436 e. The van der Waals surface area contributed by atoms with Crippen LogP contribution in [-0.2, 0) is 4.84 Å². The Morgan fingerprint density at radius 2 is 1.74 bits per heavy atom. The minimum absolute atomic E-state index is 0.0393. The number of rotatable bonds is 5. The van der Waals surface area contributed by atoms with Crippen LogP contribution in [0.2, 0.25) is 0 Å². The third kappa shape index (κ3) is 4.04. The van der Waals surface area contributed by atoms with E-state index in [1.807, 2.05) is 37.3 Å². The van der Waals surface area contributed by atoms with Gasteiger partial charge in [0.25, 0.3) is 5.91 Å². The highest BCUT2D eigenvalue weighted by Gasteiger charge is 2.22. The molecular formula is C20H19N3O4. The fraction of sp³-hybridized carbons (Fsp3) is 0.150. The summed E-state index contributed by atoms with van der Waals surface area (Å²) in [6.07, 6.45) is 0.754. The maximum atomic E-state index is 13.1. The van der Waals surface area contributed by atoms with Gasteiger partial charge in [0.05, 0.1) is 18.4 Å². The average molecular weight is 365 g/mol. The van der Waals surface area contributed by atoms with Crippen LogP contribution in [-0.4, -0.2) is 28.9 Å². The first-order chi connectivity index (χ1) is 13.1. The van der Waals surface area contributed by atoms with Gasteiger partial charge in [-0.3, -0.25) is 9.63 Å². The van der Waals surface area contributed by atoms with Crippen LogP contribution in [0.3, 0.4) is 0 Å². The lowest BCUT2D eigenvalue weighted by Crippen LogP contribution is -2.27. The van der Waals surface area contributed by atoms with Gasteiger partial charge in [0.15, 0.2) is 0 Å². The number of benzene rings is 2. The van der Waals surface area contributed by atoms with E-state index in [0.717, 1.165) is 11.3 Å². The molecule has 3 aromatic rings. The van der Waals surface area contributed by atoms with Crippen molar-refractivity contribution in [3.05, 3.63) is 83.7 Å². The van der Waals surface area contributed by atoms with Crippen molar-refractivity contribution in [1.29, 1.82) is 0 Å². The number of nitrogens with zero attached hydrogens (tertiary/aromatic N) is 2. The highest BCUT2D eigenvalue weighted by atomic mass is 16.7. The van der Waals surface area contributed by atoms with E-state index in [4.69, 9.17) is 4.74 Å². The zero-order valence-corrected chi connectivity index (χ0v) is 15.0. The van der Waals surface area contributed by atoms with E-state index in [1.54, 1.807) is 30.5 Å². The lowest BCUT2D eigenvalue weighted by Gasteiger charge is -2.15. The Hall–Kier alpha value is -3.45. The molecule has 0 aliphatic heterocycles.